The van der Waals surface area contributed by atoms with E-state index in [-0.39, 0.29) is 0 Å². The van der Waals surface area contributed by atoms with Crippen molar-refractivity contribution in [3.63, 3.8) is 0 Å². The van der Waals surface area contributed by atoms with Crippen LogP contribution < -0.4 is 5.32 Å². The van der Waals surface area contributed by atoms with Crippen molar-refractivity contribution in [2.24, 2.45) is 0 Å². The summed E-state index contributed by atoms with van der Waals surface area (Å²) >= 11 is 5.30. The Kier molecular flexibility index (Phi) is 3.57. The summed E-state index contributed by atoms with van der Waals surface area (Å²) in [6.07, 6.45) is 3.80. The molecule has 16 heavy (non-hydrogen) atoms. The van der Waals surface area contributed by atoms with E-state index >= 15 is 0 Å². The lowest BCUT2D eigenvalue weighted by Gasteiger charge is -2.17. The molecule has 1 aliphatic rings. The van der Waals surface area contributed by atoms with Gasteiger partial charge in [0, 0.05) is 17.7 Å². The molecular formula is C13H15NOS. The van der Waals surface area contributed by atoms with E-state index in [1.165, 1.54) is 0 Å². The second kappa shape index (κ2) is 5.12. The van der Waals surface area contributed by atoms with Crippen molar-refractivity contribution < 1.29 is 5.11 Å². The maximum absolute atomic E-state index is 9.77. The van der Waals surface area contributed by atoms with Crippen molar-refractivity contribution in [2.75, 3.05) is 5.32 Å². The van der Waals surface area contributed by atoms with E-state index in [1.807, 2.05) is 30.3 Å². The number of aliphatic hydroxyl groups is 1. The number of hydrogen-bond donors (Lipinski definition) is 2. The van der Waals surface area contributed by atoms with E-state index in [9.17, 15) is 5.11 Å². The molecule has 0 aromatic heterocycles. The number of anilines is 1. The minimum atomic E-state index is 0.458. The van der Waals surface area contributed by atoms with E-state index in [1.54, 1.807) is 0 Å². The third-order valence-electron chi connectivity index (χ3n) is 2.74. The van der Waals surface area contributed by atoms with Crippen LogP contribution in [0.1, 0.15) is 25.7 Å². The van der Waals surface area contributed by atoms with Gasteiger partial charge in [0.25, 0.3) is 0 Å². The van der Waals surface area contributed by atoms with Crippen LogP contribution in [0, 0.1) is 0 Å². The number of allylic oxidation sites excluding steroid dienone is 1. The van der Waals surface area contributed by atoms with Crippen LogP contribution in [0.15, 0.2) is 41.7 Å². The molecule has 3 heteroatoms. The van der Waals surface area contributed by atoms with E-state index in [2.05, 4.69) is 5.32 Å². The summed E-state index contributed by atoms with van der Waals surface area (Å²) in [6, 6.07) is 9.81. The number of hydrogen-bond acceptors (Lipinski definition) is 2. The first-order valence-electron chi connectivity index (χ1n) is 5.55. The van der Waals surface area contributed by atoms with Gasteiger partial charge in [0.05, 0.1) is 5.76 Å². The van der Waals surface area contributed by atoms with Gasteiger partial charge < -0.3 is 10.4 Å². The molecule has 0 spiro atoms. The number of nitrogens with one attached hydrogen (secondary N) is 1. The van der Waals surface area contributed by atoms with Crippen LogP contribution in [0.5, 0.6) is 0 Å². The molecule has 1 aromatic carbocycles. The molecule has 0 unspecified atom stereocenters. The van der Waals surface area contributed by atoms with Gasteiger partial charge in [-0.25, -0.2) is 0 Å². The Hall–Kier alpha value is -1.35. The standard InChI is InChI=1S/C13H15NOS/c15-12-9-5-4-8-11(12)13(16)14-10-6-2-1-3-7-10/h1-3,6-7,15H,4-5,8-9H2,(H,14,16). The fourth-order valence-electron chi connectivity index (χ4n) is 1.86. The first kappa shape index (κ1) is 11.1. The highest BCUT2D eigenvalue weighted by atomic mass is 32.1. The van der Waals surface area contributed by atoms with Crippen molar-refractivity contribution in [1.29, 1.82) is 0 Å². The smallest absolute Gasteiger partial charge is 0.110 e. The Morgan fingerprint density at radius 1 is 1.12 bits per heavy atom. The van der Waals surface area contributed by atoms with Gasteiger partial charge in [0.15, 0.2) is 0 Å². The summed E-state index contributed by atoms with van der Waals surface area (Å²) < 4.78 is 0. The molecule has 0 saturated carbocycles. The maximum atomic E-state index is 9.77. The minimum Gasteiger partial charge on any atom is -0.512 e. The van der Waals surface area contributed by atoms with Crippen LogP contribution in [0.2, 0.25) is 0 Å². The highest BCUT2D eigenvalue weighted by Crippen LogP contribution is 2.24. The lowest BCUT2D eigenvalue weighted by atomic mass is 9.97. The van der Waals surface area contributed by atoms with E-state index in [0.717, 1.165) is 36.9 Å². The van der Waals surface area contributed by atoms with Crippen LogP contribution in [0.25, 0.3) is 0 Å². The van der Waals surface area contributed by atoms with Gasteiger partial charge in [-0.2, -0.15) is 0 Å². The second-order valence-electron chi connectivity index (χ2n) is 3.95. The molecule has 0 heterocycles. The fraction of sp³-hybridized carbons (Fsp3) is 0.308. The molecule has 1 aliphatic carbocycles. The zero-order valence-electron chi connectivity index (χ0n) is 9.07. The van der Waals surface area contributed by atoms with E-state index in [0.29, 0.717) is 10.7 Å². The van der Waals surface area contributed by atoms with Gasteiger partial charge in [0.1, 0.15) is 4.99 Å². The van der Waals surface area contributed by atoms with Gasteiger partial charge in [-0.05, 0) is 31.4 Å². The summed E-state index contributed by atoms with van der Waals surface area (Å²) in [5, 5.41) is 12.9. The summed E-state index contributed by atoms with van der Waals surface area (Å²) in [4.78, 5) is 0.656. The number of thiocarbonyl (C=S) groups is 1. The first-order valence-corrected chi connectivity index (χ1v) is 5.95. The summed E-state index contributed by atoms with van der Waals surface area (Å²) in [5.41, 5.74) is 1.88. The third kappa shape index (κ3) is 2.61. The number of para-hydroxylation sites is 1. The lowest BCUT2D eigenvalue weighted by Crippen LogP contribution is -2.16. The predicted molar refractivity (Wildman–Crippen MR) is 70.8 cm³/mol. The van der Waals surface area contributed by atoms with Gasteiger partial charge in [-0.15, -0.1) is 0 Å². The van der Waals surface area contributed by atoms with Crippen molar-refractivity contribution in [1.82, 2.24) is 0 Å². The van der Waals surface area contributed by atoms with Gasteiger partial charge in [-0.3, -0.25) is 0 Å². The monoisotopic (exact) mass is 233 g/mol. The Morgan fingerprint density at radius 2 is 1.81 bits per heavy atom. The fourth-order valence-corrected chi connectivity index (χ4v) is 2.20. The van der Waals surface area contributed by atoms with Crippen LogP contribution in [-0.4, -0.2) is 10.1 Å². The van der Waals surface area contributed by atoms with Gasteiger partial charge in [-0.1, -0.05) is 30.4 Å². The normalized spacial score (nSPS) is 16.0. The average molecular weight is 233 g/mol. The summed E-state index contributed by atoms with van der Waals surface area (Å²) in [6.45, 7) is 0. The average Bonchev–Trinajstić information content (AvgIpc) is 2.31. The van der Waals surface area contributed by atoms with Crippen molar-refractivity contribution in [3.05, 3.63) is 41.7 Å². The highest BCUT2D eigenvalue weighted by molar-refractivity contribution is 7.81. The van der Waals surface area contributed by atoms with Gasteiger partial charge in [0.2, 0.25) is 0 Å². The van der Waals surface area contributed by atoms with Crippen LogP contribution >= 0.6 is 12.2 Å². The van der Waals surface area contributed by atoms with Crippen LogP contribution in [0.3, 0.4) is 0 Å². The molecule has 2 nitrogen and oxygen atoms in total. The Bertz CT molecular complexity index is 411. The Morgan fingerprint density at radius 3 is 2.50 bits per heavy atom. The highest BCUT2D eigenvalue weighted by Gasteiger charge is 2.15. The van der Waals surface area contributed by atoms with Crippen molar-refractivity contribution >= 4 is 22.9 Å². The zero-order chi connectivity index (χ0) is 11.4. The van der Waals surface area contributed by atoms with Crippen molar-refractivity contribution in [3.8, 4) is 0 Å². The molecule has 0 saturated heterocycles. The third-order valence-corrected chi connectivity index (χ3v) is 3.09. The topological polar surface area (TPSA) is 32.3 Å². The molecule has 0 atom stereocenters. The molecule has 0 amide bonds. The molecule has 0 bridgehead atoms. The molecule has 0 fully saturated rings. The molecule has 84 valence electrons. The van der Waals surface area contributed by atoms with E-state index in [4.69, 9.17) is 12.2 Å². The largest absolute Gasteiger partial charge is 0.512 e. The molecule has 0 aliphatic heterocycles. The number of rotatable bonds is 2. The molecule has 2 rings (SSSR count). The first-order chi connectivity index (χ1) is 7.77. The van der Waals surface area contributed by atoms with E-state index < -0.39 is 0 Å². The molecule has 2 N–H and O–H groups in total. The Balaban J connectivity index is 2.09. The van der Waals surface area contributed by atoms with Crippen molar-refractivity contribution in [2.45, 2.75) is 25.7 Å². The quantitative estimate of drug-likeness (QED) is 0.762. The molecule has 1 aromatic rings. The summed E-state index contributed by atoms with van der Waals surface area (Å²) in [5.74, 6) is 0.458. The summed E-state index contributed by atoms with van der Waals surface area (Å²) in [7, 11) is 0. The Labute approximate surface area is 101 Å². The number of aliphatic hydroxyl groups excluding tert-OH is 1. The van der Waals surface area contributed by atoms with Crippen LogP contribution in [-0.2, 0) is 0 Å². The lowest BCUT2D eigenvalue weighted by molar-refractivity contribution is 0.364. The zero-order valence-corrected chi connectivity index (χ0v) is 9.89. The SMILES string of the molecule is OC1=C(C(=S)Nc2ccccc2)CCCC1. The van der Waals surface area contributed by atoms with Crippen LogP contribution in [0.4, 0.5) is 5.69 Å². The minimum absolute atomic E-state index is 0.458. The predicted octanol–water partition coefficient (Wildman–Crippen LogP) is 3.81. The molecule has 0 radical (unpaired) electrons. The maximum Gasteiger partial charge on any atom is 0.110 e. The second-order valence-corrected chi connectivity index (χ2v) is 4.36. The number of benzene rings is 1. The molecular weight excluding hydrogens is 218 g/mol. The van der Waals surface area contributed by atoms with Gasteiger partial charge >= 0.3 is 0 Å².